The van der Waals surface area contributed by atoms with Gasteiger partial charge in [0.1, 0.15) is 5.00 Å². The van der Waals surface area contributed by atoms with Gasteiger partial charge in [-0.2, -0.15) is 0 Å². The zero-order chi connectivity index (χ0) is 25.7. The first-order valence-electron chi connectivity index (χ1n) is 11.0. The minimum Gasteiger partial charge on any atom is -0.493 e. The first-order valence-corrected chi connectivity index (χ1v) is 12.6. The van der Waals surface area contributed by atoms with Gasteiger partial charge in [-0.05, 0) is 59.7 Å². The number of esters is 2. The van der Waals surface area contributed by atoms with Crippen LogP contribution >= 0.6 is 27.3 Å². The number of thiophene rings is 1. The summed E-state index contributed by atoms with van der Waals surface area (Å²) < 4.78 is 26.7. The van der Waals surface area contributed by atoms with Crippen LogP contribution in [0.15, 0.2) is 10.5 Å². The first kappa shape index (κ1) is 26.8. The van der Waals surface area contributed by atoms with Crippen LogP contribution in [0.5, 0.6) is 17.2 Å². The van der Waals surface area contributed by atoms with Crippen LogP contribution in [0.4, 0.5) is 5.00 Å². The Labute approximate surface area is 216 Å². The maximum Gasteiger partial charge on any atom is 0.341 e. The second-order valence-corrected chi connectivity index (χ2v) is 9.81. The lowest BCUT2D eigenvalue weighted by molar-refractivity contribution is -0.119. The summed E-state index contributed by atoms with van der Waals surface area (Å²) in [5.41, 5.74) is 1.42. The summed E-state index contributed by atoms with van der Waals surface area (Å²) in [5.74, 6) is -0.484. The topological polar surface area (TPSA) is 109 Å². The van der Waals surface area contributed by atoms with Crippen molar-refractivity contribution in [3.63, 3.8) is 0 Å². The van der Waals surface area contributed by atoms with Crippen LogP contribution in [-0.4, -0.2) is 52.4 Å². The number of anilines is 1. The third-order valence-corrected chi connectivity index (χ3v) is 7.52. The zero-order valence-electron chi connectivity index (χ0n) is 20.2. The third-order valence-electron chi connectivity index (χ3n) is 5.57. The molecule has 1 aromatic carbocycles. The highest BCUT2D eigenvalue weighted by Crippen LogP contribution is 2.45. The van der Waals surface area contributed by atoms with E-state index in [0.717, 1.165) is 29.7 Å². The van der Waals surface area contributed by atoms with Gasteiger partial charge in [0.15, 0.2) is 18.1 Å². The molecule has 1 N–H and O–H groups in total. The van der Waals surface area contributed by atoms with E-state index in [0.29, 0.717) is 26.7 Å². The normalized spacial score (nSPS) is 14.5. The molecule has 0 saturated heterocycles. The highest BCUT2D eigenvalue weighted by molar-refractivity contribution is 9.10. The molecule has 1 heterocycles. The molecule has 1 aliphatic rings. The maximum absolute atomic E-state index is 12.8. The molecule has 0 fully saturated rings. The summed E-state index contributed by atoms with van der Waals surface area (Å²) in [7, 11) is 4.30. The predicted octanol–water partition coefficient (Wildman–Crippen LogP) is 4.63. The van der Waals surface area contributed by atoms with Gasteiger partial charge in [-0.25, -0.2) is 9.59 Å². The Morgan fingerprint density at radius 1 is 1.09 bits per heavy atom. The molecule has 0 spiro atoms. The fourth-order valence-corrected chi connectivity index (χ4v) is 5.93. The molecule has 0 radical (unpaired) electrons. The molecule has 9 nitrogen and oxygen atoms in total. The van der Waals surface area contributed by atoms with Crippen molar-refractivity contribution in [2.45, 2.75) is 33.1 Å². The van der Waals surface area contributed by atoms with Crippen molar-refractivity contribution in [2.75, 3.05) is 39.9 Å². The van der Waals surface area contributed by atoms with Gasteiger partial charge in [-0.15, -0.1) is 11.3 Å². The molecule has 1 aliphatic carbocycles. The number of benzene rings is 1. The highest BCUT2D eigenvalue weighted by Gasteiger charge is 2.30. The fourth-order valence-electron chi connectivity index (χ4n) is 3.90. The van der Waals surface area contributed by atoms with Gasteiger partial charge in [0.2, 0.25) is 5.75 Å². The summed E-state index contributed by atoms with van der Waals surface area (Å²) in [6.45, 7) is 3.57. The number of hydrogen-bond acceptors (Lipinski definition) is 9. The number of halogens is 1. The van der Waals surface area contributed by atoms with E-state index in [1.165, 1.54) is 38.7 Å². The number of carbonyl (C=O) groups is 3. The molecular weight excluding hydrogens is 542 g/mol. The number of fused-ring (bicyclic) bond motifs is 1. The molecule has 2 aromatic rings. The second kappa shape index (κ2) is 11.8. The van der Waals surface area contributed by atoms with E-state index in [1.54, 1.807) is 6.92 Å². The van der Waals surface area contributed by atoms with Crippen molar-refractivity contribution in [3.8, 4) is 17.2 Å². The molecule has 0 unspecified atom stereocenters. The quantitative estimate of drug-likeness (QED) is 0.435. The lowest BCUT2D eigenvalue weighted by atomic mass is 9.88. The van der Waals surface area contributed by atoms with Crippen molar-refractivity contribution in [3.05, 3.63) is 32.1 Å². The van der Waals surface area contributed by atoms with E-state index in [9.17, 15) is 14.4 Å². The number of ether oxygens (including phenoxy) is 5. The van der Waals surface area contributed by atoms with Crippen molar-refractivity contribution < 1.29 is 38.1 Å². The van der Waals surface area contributed by atoms with Crippen LogP contribution < -0.4 is 19.5 Å². The average molecular weight is 570 g/mol. The number of rotatable bonds is 9. The monoisotopic (exact) mass is 569 g/mol. The van der Waals surface area contributed by atoms with E-state index in [-0.39, 0.29) is 23.7 Å². The van der Waals surface area contributed by atoms with Crippen LogP contribution in [-0.2, 0) is 27.1 Å². The highest BCUT2D eigenvalue weighted by atomic mass is 79.9. The number of amides is 1. The Morgan fingerprint density at radius 2 is 1.80 bits per heavy atom. The Kier molecular flexibility index (Phi) is 9.01. The van der Waals surface area contributed by atoms with E-state index >= 15 is 0 Å². The number of hydrogen-bond donors (Lipinski definition) is 1. The van der Waals surface area contributed by atoms with Gasteiger partial charge >= 0.3 is 11.9 Å². The number of nitrogens with one attached hydrogen (secondary N) is 1. The van der Waals surface area contributed by atoms with E-state index < -0.39 is 24.5 Å². The molecule has 190 valence electrons. The Hall–Kier alpha value is -2.79. The molecule has 1 amide bonds. The minimum absolute atomic E-state index is 0.0973. The van der Waals surface area contributed by atoms with Crippen LogP contribution in [0.25, 0.3) is 0 Å². The molecule has 1 atom stereocenters. The fraction of sp³-hybridized carbons (Fsp3) is 0.458. The van der Waals surface area contributed by atoms with Gasteiger partial charge < -0.3 is 29.0 Å². The van der Waals surface area contributed by atoms with Gasteiger partial charge in [-0.1, -0.05) is 6.92 Å². The van der Waals surface area contributed by atoms with E-state index in [2.05, 4.69) is 28.2 Å². The van der Waals surface area contributed by atoms with Crippen molar-refractivity contribution >= 4 is 50.1 Å². The van der Waals surface area contributed by atoms with Crippen molar-refractivity contribution in [1.29, 1.82) is 0 Å². The Balaban J connectivity index is 1.77. The summed E-state index contributed by atoms with van der Waals surface area (Å²) in [6.07, 6.45) is 2.55. The van der Waals surface area contributed by atoms with Crippen LogP contribution in [0.1, 0.15) is 51.4 Å². The van der Waals surface area contributed by atoms with Crippen LogP contribution in [0.3, 0.4) is 0 Å². The lowest BCUT2D eigenvalue weighted by Crippen LogP contribution is -2.22. The summed E-state index contributed by atoms with van der Waals surface area (Å²) in [6, 6.07) is 1.43. The number of carbonyl (C=O) groups excluding carboxylic acids is 3. The van der Waals surface area contributed by atoms with Crippen LogP contribution in [0, 0.1) is 5.92 Å². The average Bonchev–Trinajstić information content (AvgIpc) is 3.18. The summed E-state index contributed by atoms with van der Waals surface area (Å²) in [5, 5.41) is 3.14. The maximum atomic E-state index is 12.8. The molecule has 0 aliphatic heterocycles. The molecule has 35 heavy (non-hydrogen) atoms. The van der Waals surface area contributed by atoms with Crippen molar-refractivity contribution in [1.82, 2.24) is 0 Å². The second-order valence-electron chi connectivity index (χ2n) is 7.91. The largest absolute Gasteiger partial charge is 0.493 e. The van der Waals surface area contributed by atoms with Gasteiger partial charge in [-0.3, -0.25) is 4.79 Å². The minimum atomic E-state index is -0.767. The molecule has 0 saturated carbocycles. The molecule has 3 rings (SSSR count). The van der Waals surface area contributed by atoms with Gasteiger partial charge in [0.25, 0.3) is 5.91 Å². The standard InChI is InChI=1S/C24H28BrNO8S/c1-6-33-24(29)18-13-8-7-12(2)9-16(13)35-22(18)26-17(27)11-34-23(28)14-10-15(30-3)20(31-4)21(32-5)19(14)25/h10,12H,6-9,11H2,1-5H3,(H,26,27)/t12-/m0/s1. The molecule has 1 aromatic heterocycles. The summed E-state index contributed by atoms with van der Waals surface area (Å²) >= 11 is 4.69. The zero-order valence-corrected chi connectivity index (χ0v) is 22.6. The molecule has 11 heteroatoms. The lowest BCUT2D eigenvalue weighted by Gasteiger charge is -2.18. The Bertz CT molecular complexity index is 1130. The number of methoxy groups -OCH3 is 3. The van der Waals surface area contributed by atoms with Crippen LogP contribution in [0.2, 0.25) is 0 Å². The van der Waals surface area contributed by atoms with Gasteiger partial charge in [0, 0.05) is 4.88 Å². The SMILES string of the molecule is CCOC(=O)c1c(NC(=O)COC(=O)c2cc(OC)c(OC)c(OC)c2Br)sc2c1CC[C@H](C)C2. The molecule has 0 bridgehead atoms. The third kappa shape index (κ3) is 5.72. The summed E-state index contributed by atoms with van der Waals surface area (Å²) in [4.78, 5) is 39.1. The Morgan fingerprint density at radius 3 is 2.43 bits per heavy atom. The van der Waals surface area contributed by atoms with E-state index in [4.69, 9.17) is 23.7 Å². The smallest absolute Gasteiger partial charge is 0.341 e. The predicted molar refractivity (Wildman–Crippen MR) is 134 cm³/mol. The first-order chi connectivity index (χ1) is 16.7. The van der Waals surface area contributed by atoms with Gasteiger partial charge in [0.05, 0.1) is 43.5 Å². The van der Waals surface area contributed by atoms with E-state index in [1.807, 2.05) is 0 Å². The molecular formula is C24H28BrNO8S. The van der Waals surface area contributed by atoms with Crippen molar-refractivity contribution in [2.24, 2.45) is 5.92 Å².